The van der Waals surface area contributed by atoms with E-state index in [1.807, 2.05) is 0 Å². The first-order valence-corrected chi connectivity index (χ1v) is 8.35. The molecule has 2 aromatic carbocycles. The molecule has 2 aromatic rings. The summed E-state index contributed by atoms with van der Waals surface area (Å²) in [7, 11) is 1.57. The lowest BCUT2D eigenvalue weighted by Gasteiger charge is -2.05. The summed E-state index contributed by atoms with van der Waals surface area (Å²) in [6, 6.07) is 10.4. The molecule has 3 rings (SSSR count). The average Bonchev–Trinajstić information content (AvgIpc) is 2.92. The minimum atomic E-state index is -0.552. The van der Waals surface area contributed by atoms with Crippen LogP contribution in [-0.2, 0) is 9.53 Å². The number of aliphatic imine (C=N–C) groups is 1. The number of hydrogen-bond donors (Lipinski definition) is 0. The molecule has 0 aromatic heterocycles. The zero-order chi connectivity index (χ0) is 17.3. The lowest BCUT2D eigenvalue weighted by molar-refractivity contribution is -0.129. The van der Waals surface area contributed by atoms with E-state index in [0.29, 0.717) is 31.4 Å². The third-order valence-electron chi connectivity index (χ3n) is 3.30. The van der Waals surface area contributed by atoms with Crippen LogP contribution >= 0.6 is 39.1 Å². The van der Waals surface area contributed by atoms with Crippen molar-refractivity contribution in [2.24, 2.45) is 4.99 Å². The highest BCUT2D eigenvalue weighted by Crippen LogP contribution is 2.30. The summed E-state index contributed by atoms with van der Waals surface area (Å²) in [4.78, 5) is 16.3. The number of methoxy groups -OCH3 is 1. The Labute approximate surface area is 156 Å². The fourth-order valence-corrected chi connectivity index (χ4v) is 2.99. The number of halogens is 3. The van der Waals surface area contributed by atoms with Crippen molar-refractivity contribution in [3.05, 3.63) is 67.7 Å². The number of nitrogens with zero attached hydrogens (tertiary/aromatic N) is 1. The van der Waals surface area contributed by atoms with Gasteiger partial charge in [-0.1, -0.05) is 35.3 Å². The normalized spacial score (nSPS) is 15.4. The Kier molecular flexibility index (Phi) is 4.94. The number of esters is 1. The van der Waals surface area contributed by atoms with E-state index < -0.39 is 5.97 Å². The average molecular weight is 427 g/mol. The van der Waals surface area contributed by atoms with Gasteiger partial charge in [0.05, 0.1) is 22.7 Å². The third-order valence-corrected chi connectivity index (χ3v) is 4.79. The van der Waals surface area contributed by atoms with E-state index in [1.165, 1.54) is 0 Å². The van der Waals surface area contributed by atoms with Crippen molar-refractivity contribution in [2.45, 2.75) is 0 Å². The first-order chi connectivity index (χ1) is 11.5. The minimum Gasteiger partial charge on any atom is -0.497 e. The van der Waals surface area contributed by atoms with Gasteiger partial charge in [0.2, 0.25) is 5.90 Å². The number of cyclic esters (lactones) is 1. The standard InChI is InChI=1S/C17H10BrCl2NO3/c1-23-10-5-6-11(12(18)8-10)16-21-14(17(22)24-16)7-9-3-2-4-13(19)15(9)20/h2-8H,1H3. The summed E-state index contributed by atoms with van der Waals surface area (Å²) in [5.41, 5.74) is 1.39. The molecular weight excluding hydrogens is 417 g/mol. The lowest BCUT2D eigenvalue weighted by atomic mass is 10.2. The van der Waals surface area contributed by atoms with Gasteiger partial charge in [-0.3, -0.25) is 0 Å². The Morgan fingerprint density at radius 2 is 2.04 bits per heavy atom. The van der Waals surface area contributed by atoms with Crippen LogP contribution in [0.2, 0.25) is 10.0 Å². The predicted molar refractivity (Wildman–Crippen MR) is 97.8 cm³/mol. The summed E-state index contributed by atoms with van der Waals surface area (Å²) in [6.07, 6.45) is 1.54. The van der Waals surface area contributed by atoms with Crippen LogP contribution in [0.1, 0.15) is 11.1 Å². The molecule has 0 saturated heterocycles. The topological polar surface area (TPSA) is 47.9 Å². The Hall–Kier alpha value is -1.82. The fourth-order valence-electron chi connectivity index (χ4n) is 2.10. The number of benzene rings is 2. The third kappa shape index (κ3) is 3.34. The minimum absolute atomic E-state index is 0.150. The highest BCUT2D eigenvalue weighted by Gasteiger charge is 2.26. The van der Waals surface area contributed by atoms with Gasteiger partial charge in [-0.2, -0.15) is 0 Å². The second kappa shape index (κ2) is 6.97. The van der Waals surface area contributed by atoms with Gasteiger partial charge in [0.1, 0.15) is 5.75 Å². The quantitative estimate of drug-likeness (QED) is 0.506. The molecule has 0 bridgehead atoms. The first kappa shape index (κ1) is 17.0. The van der Waals surface area contributed by atoms with Crippen molar-refractivity contribution in [1.82, 2.24) is 0 Å². The molecule has 0 radical (unpaired) electrons. The van der Waals surface area contributed by atoms with Crippen LogP contribution in [0.15, 0.2) is 51.6 Å². The molecule has 0 saturated carbocycles. The molecule has 24 heavy (non-hydrogen) atoms. The van der Waals surface area contributed by atoms with Crippen molar-refractivity contribution < 1.29 is 14.3 Å². The van der Waals surface area contributed by atoms with Crippen LogP contribution < -0.4 is 4.74 Å². The zero-order valence-corrected chi connectivity index (χ0v) is 15.4. The van der Waals surface area contributed by atoms with Gasteiger partial charge < -0.3 is 9.47 Å². The summed E-state index contributed by atoms with van der Waals surface area (Å²) in [5, 5.41) is 0.758. The zero-order valence-electron chi connectivity index (χ0n) is 12.3. The van der Waals surface area contributed by atoms with Gasteiger partial charge in [-0.25, -0.2) is 9.79 Å². The van der Waals surface area contributed by atoms with E-state index in [9.17, 15) is 4.79 Å². The lowest BCUT2D eigenvalue weighted by Crippen LogP contribution is -2.06. The van der Waals surface area contributed by atoms with Crippen molar-refractivity contribution in [2.75, 3.05) is 7.11 Å². The highest BCUT2D eigenvalue weighted by atomic mass is 79.9. The number of rotatable bonds is 3. The smallest absolute Gasteiger partial charge is 0.363 e. The second-order valence-electron chi connectivity index (χ2n) is 4.82. The Balaban J connectivity index is 1.99. The van der Waals surface area contributed by atoms with E-state index in [1.54, 1.807) is 49.6 Å². The van der Waals surface area contributed by atoms with E-state index >= 15 is 0 Å². The van der Waals surface area contributed by atoms with Gasteiger partial charge in [0, 0.05) is 4.47 Å². The molecule has 0 aliphatic carbocycles. The van der Waals surface area contributed by atoms with Crippen molar-refractivity contribution >= 4 is 57.1 Å². The van der Waals surface area contributed by atoms with Crippen LogP contribution in [0.3, 0.4) is 0 Å². The van der Waals surface area contributed by atoms with Gasteiger partial charge in [0.25, 0.3) is 0 Å². The van der Waals surface area contributed by atoms with Crippen LogP contribution in [0, 0.1) is 0 Å². The summed E-state index contributed by atoms with van der Waals surface area (Å²) in [6.45, 7) is 0. The van der Waals surface area contributed by atoms with Crippen LogP contribution in [0.25, 0.3) is 6.08 Å². The monoisotopic (exact) mass is 425 g/mol. The van der Waals surface area contributed by atoms with Crippen molar-refractivity contribution in [3.63, 3.8) is 0 Å². The van der Waals surface area contributed by atoms with Gasteiger partial charge in [-0.15, -0.1) is 0 Å². The van der Waals surface area contributed by atoms with Gasteiger partial charge in [-0.05, 0) is 51.8 Å². The molecule has 0 spiro atoms. The Bertz CT molecular complexity index is 893. The SMILES string of the molecule is COc1ccc(C2=NC(=Cc3cccc(Cl)c3Cl)C(=O)O2)c(Br)c1. The van der Waals surface area contributed by atoms with E-state index in [4.69, 9.17) is 32.7 Å². The predicted octanol–water partition coefficient (Wildman–Crippen LogP) is 5.11. The Morgan fingerprint density at radius 3 is 2.75 bits per heavy atom. The number of ether oxygens (including phenoxy) is 2. The van der Waals surface area contributed by atoms with Gasteiger partial charge in [0.15, 0.2) is 5.70 Å². The van der Waals surface area contributed by atoms with Crippen molar-refractivity contribution in [3.8, 4) is 5.75 Å². The maximum atomic E-state index is 12.1. The summed E-state index contributed by atoms with van der Waals surface area (Å²) < 4.78 is 11.1. The first-order valence-electron chi connectivity index (χ1n) is 6.80. The molecule has 1 aliphatic rings. The molecular formula is C17H10BrCl2NO3. The highest BCUT2D eigenvalue weighted by molar-refractivity contribution is 9.10. The molecule has 122 valence electrons. The summed E-state index contributed by atoms with van der Waals surface area (Å²) >= 11 is 15.5. The molecule has 0 N–H and O–H groups in total. The van der Waals surface area contributed by atoms with Crippen LogP contribution in [-0.4, -0.2) is 19.0 Å². The number of hydrogen-bond acceptors (Lipinski definition) is 4. The number of carbonyl (C=O) groups is 1. The molecule has 4 nitrogen and oxygen atoms in total. The second-order valence-corrected chi connectivity index (χ2v) is 6.46. The molecule has 0 unspecified atom stereocenters. The van der Waals surface area contributed by atoms with Crippen LogP contribution in [0.5, 0.6) is 5.75 Å². The Morgan fingerprint density at radius 1 is 1.25 bits per heavy atom. The maximum absolute atomic E-state index is 12.1. The fraction of sp³-hybridized carbons (Fsp3) is 0.0588. The van der Waals surface area contributed by atoms with E-state index in [2.05, 4.69) is 20.9 Å². The molecule has 0 amide bonds. The van der Waals surface area contributed by atoms with Gasteiger partial charge >= 0.3 is 5.97 Å². The van der Waals surface area contributed by atoms with E-state index in [-0.39, 0.29) is 11.6 Å². The van der Waals surface area contributed by atoms with Crippen LogP contribution in [0.4, 0.5) is 0 Å². The molecule has 0 atom stereocenters. The molecule has 1 heterocycles. The maximum Gasteiger partial charge on any atom is 0.363 e. The molecule has 1 aliphatic heterocycles. The summed E-state index contributed by atoms with van der Waals surface area (Å²) in [5.74, 6) is 0.333. The van der Waals surface area contributed by atoms with Crippen molar-refractivity contribution in [1.29, 1.82) is 0 Å². The largest absolute Gasteiger partial charge is 0.497 e. The van der Waals surface area contributed by atoms with E-state index in [0.717, 1.165) is 0 Å². The molecule has 0 fully saturated rings. The number of carbonyl (C=O) groups excluding carboxylic acids is 1. The molecule has 7 heteroatoms.